The summed E-state index contributed by atoms with van der Waals surface area (Å²) < 4.78 is 0. The topological polar surface area (TPSA) is 20.2 Å². The number of hydrogen-bond acceptors (Lipinski definition) is 1. The number of rotatable bonds is 1. The average molecular weight is 168 g/mol. The summed E-state index contributed by atoms with van der Waals surface area (Å²) >= 11 is 0. The SMILES string of the molecule is CC1(C2CCCC2)CCC(O)C1. The summed E-state index contributed by atoms with van der Waals surface area (Å²) in [5.41, 5.74) is 0.496. The molecule has 0 saturated heterocycles. The molecule has 0 aromatic heterocycles. The lowest BCUT2D eigenvalue weighted by atomic mass is 9.75. The van der Waals surface area contributed by atoms with E-state index in [1.54, 1.807) is 0 Å². The van der Waals surface area contributed by atoms with Crippen molar-refractivity contribution in [3.05, 3.63) is 0 Å². The van der Waals surface area contributed by atoms with E-state index in [9.17, 15) is 5.11 Å². The molecule has 0 bridgehead atoms. The van der Waals surface area contributed by atoms with Crippen LogP contribution >= 0.6 is 0 Å². The summed E-state index contributed by atoms with van der Waals surface area (Å²) in [7, 11) is 0. The highest BCUT2D eigenvalue weighted by Crippen LogP contribution is 2.49. The minimum atomic E-state index is 0.00981. The molecule has 70 valence electrons. The molecule has 2 unspecified atom stereocenters. The highest BCUT2D eigenvalue weighted by atomic mass is 16.3. The second kappa shape index (κ2) is 3.02. The van der Waals surface area contributed by atoms with E-state index in [0.717, 1.165) is 18.8 Å². The lowest BCUT2D eigenvalue weighted by Crippen LogP contribution is -2.22. The van der Waals surface area contributed by atoms with Gasteiger partial charge in [0.1, 0.15) is 0 Å². The molecule has 1 nitrogen and oxygen atoms in total. The van der Waals surface area contributed by atoms with Crippen LogP contribution in [0.25, 0.3) is 0 Å². The summed E-state index contributed by atoms with van der Waals surface area (Å²) in [6.07, 6.45) is 9.08. The van der Waals surface area contributed by atoms with Gasteiger partial charge in [-0.25, -0.2) is 0 Å². The van der Waals surface area contributed by atoms with Crippen LogP contribution in [0.15, 0.2) is 0 Å². The maximum Gasteiger partial charge on any atom is 0.0545 e. The van der Waals surface area contributed by atoms with Crippen LogP contribution in [-0.2, 0) is 0 Å². The zero-order valence-electron chi connectivity index (χ0n) is 8.05. The lowest BCUT2D eigenvalue weighted by molar-refractivity contribution is 0.134. The predicted octanol–water partition coefficient (Wildman–Crippen LogP) is 2.73. The largest absolute Gasteiger partial charge is 0.393 e. The summed E-state index contributed by atoms with van der Waals surface area (Å²) in [4.78, 5) is 0. The Morgan fingerprint density at radius 1 is 1.17 bits per heavy atom. The summed E-state index contributed by atoms with van der Waals surface area (Å²) in [5.74, 6) is 0.926. The maximum atomic E-state index is 9.53. The van der Waals surface area contributed by atoms with Crippen LogP contribution in [0.5, 0.6) is 0 Å². The Hall–Kier alpha value is -0.0400. The first-order valence-electron chi connectivity index (χ1n) is 5.39. The van der Waals surface area contributed by atoms with Crippen LogP contribution in [0.4, 0.5) is 0 Å². The second-order valence-electron chi connectivity index (χ2n) is 5.03. The number of hydrogen-bond donors (Lipinski definition) is 1. The summed E-state index contributed by atoms with van der Waals surface area (Å²) in [6, 6.07) is 0. The molecular weight excluding hydrogens is 148 g/mol. The molecule has 0 radical (unpaired) electrons. The predicted molar refractivity (Wildman–Crippen MR) is 49.9 cm³/mol. The van der Waals surface area contributed by atoms with E-state index in [2.05, 4.69) is 6.92 Å². The fourth-order valence-corrected chi connectivity index (χ4v) is 3.23. The Morgan fingerprint density at radius 2 is 1.83 bits per heavy atom. The van der Waals surface area contributed by atoms with Crippen molar-refractivity contribution >= 4 is 0 Å². The highest BCUT2D eigenvalue weighted by Gasteiger charge is 2.41. The van der Waals surface area contributed by atoms with E-state index in [1.807, 2.05) is 0 Å². The van der Waals surface area contributed by atoms with E-state index >= 15 is 0 Å². The normalized spacial score (nSPS) is 44.0. The lowest BCUT2D eigenvalue weighted by Gasteiger charge is -2.31. The third-order valence-corrected chi connectivity index (χ3v) is 4.09. The second-order valence-corrected chi connectivity index (χ2v) is 5.03. The molecule has 0 aromatic carbocycles. The molecule has 0 amide bonds. The van der Waals surface area contributed by atoms with Crippen molar-refractivity contribution < 1.29 is 5.11 Å². The molecule has 2 saturated carbocycles. The van der Waals surface area contributed by atoms with Gasteiger partial charge in [-0.2, -0.15) is 0 Å². The average Bonchev–Trinajstić information content (AvgIpc) is 2.59. The smallest absolute Gasteiger partial charge is 0.0545 e. The molecule has 2 aliphatic carbocycles. The van der Waals surface area contributed by atoms with Crippen LogP contribution in [-0.4, -0.2) is 11.2 Å². The first kappa shape index (κ1) is 8.55. The van der Waals surface area contributed by atoms with Crippen molar-refractivity contribution in [2.45, 2.75) is 58.0 Å². The van der Waals surface area contributed by atoms with Gasteiger partial charge in [0.2, 0.25) is 0 Å². The van der Waals surface area contributed by atoms with Crippen molar-refractivity contribution in [3.63, 3.8) is 0 Å². The Kier molecular flexibility index (Phi) is 2.16. The van der Waals surface area contributed by atoms with E-state index in [0.29, 0.717) is 5.41 Å². The zero-order valence-corrected chi connectivity index (χ0v) is 8.05. The van der Waals surface area contributed by atoms with Gasteiger partial charge in [-0.15, -0.1) is 0 Å². The van der Waals surface area contributed by atoms with Crippen molar-refractivity contribution in [2.75, 3.05) is 0 Å². The van der Waals surface area contributed by atoms with E-state index < -0.39 is 0 Å². The molecule has 1 heteroatoms. The van der Waals surface area contributed by atoms with Gasteiger partial charge in [-0.1, -0.05) is 19.8 Å². The molecule has 1 N–H and O–H groups in total. The molecule has 0 aromatic rings. The summed E-state index contributed by atoms with van der Waals surface area (Å²) in [5, 5.41) is 9.53. The number of aliphatic hydroxyl groups excluding tert-OH is 1. The van der Waals surface area contributed by atoms with E-state index in [1.165, 1.54) is 32.1 Å². The molecular formula is C11H20O. The fraction of sp³-hybridized carbons (Fsp3) is 1.00. The van der Waals surface area contributed by atoms with Crippen molar-refractivity contribution in [3.8, 4) is 0 Å². The molecule has 2 fully saturated rings. The zero-order chi connectivity index (χ0) is 8.60. The van der Waals surface area contributed by atoms with Gasteiger partial charge in [0.25, 0.3) is 0 Å². The van der Waals surface area contributed by atoms with E-state index in [-0.39, 0.29) is 6.10 Å². The maximum absolute atomic E-state index is 9.53. The van der Waals surface area contributed by atoms with Gasteiger partial charge in [0, 0.05) is 0 Å². The van der Waals surface area contributed by atoms with Crippen LogP contribution in [0.3, 0.4) is 0 Å². The first-order valence-corrected chi connectivity index (χ1v) is 5.39. The summed E-state index contributed by atoms with van der Waals surface area (Å²) in [6.45, 7) is 2.39. The molecule has 2 rings (SSSR count). The van der Waals surface area contributed by atoms with Gasteiger partial charge in [0.15, 0.2) is 0 Å². The van der Waals surface area contributed by atoms with Gasteiger partial charge in [0.05, 0.1) is 6.10 Å². The van der Waals surface area contributed by atoms with Crippen LogP contribution in [0.1, 0.15) is 51.9 Å². The van der Waals surface area contributed by atoms with Crippen LogP contribution in [0, 0.1) is 11.3 Å². The minimum Gasteiger partial charge on any atom is -0.393 e. The monoisotopic (exact) mass is 168 g/mol. The molecule has 0 aliphatic heterocycles. The molecule has 0 heterocycles. The van der Waals surface area contributed by atoms with Gasteiger partial charge in [-0.3, -0.25) is 0 Å². The van der Waals surface area contributed by atoms with Crippen molar-refractivity contribution in [1.29, 1.82) is 0 Å². The molecule has 2 aliphatic rings. The van der Waals surface area contributed by atoms with Crippen molar-refractivity contribution in [2.24, 2.45) is 11.3 Å². The first-order chi connectivity index (χ1) is 5.71. The van der Waals surface area contributed by atoms with Crippen molar-refractivity contribution in [1.82, 2.24) is 0 Å². The Labute approximate surface area is 75.2 Å². The van der Waals surface area contributed by atoms with Crippen LogP contribution < -0.4 is 0 Å². The third kappa shape index (κ3) is 1.39. The van der Waals surface area contributed by atoms with Crippen LogP contribution in [0.2, 0.25) is 0 Å². The third-order valence-electron chi connectivity index (χ3n) is 4.09. The highest BCUT2D eigenvalue weighted by molar-refractivity contribution is 4.92. The molecule has 0 spiro atoms. The molecule has 2 atom stereocenters. The van der Waals surface area contributed by atoms with Gasteiger partial charge >= 0.3 is 0 Å². The quantitative estimate of drug-likeness (QED) is 0.638. The molecule has 12 heavy (non-hydrogen) atoms. The Morgan fingerprint density at radius 3 is 2.33 bits per heavy atom. The Balaban J connectivity index is 2.00. The number of aliphatic hydroxyl groups is 1. The standard InChI is InChI=1S/C11H20O/c1-11(7-6-10(12)8-11)9-4-2-3-5-9/h9-10,12H,2-8H2,1H3. The fourth-order valence-electron chi connectivity index (χ4n) is 3.23. The minimum absolute atomic E-state index is 0.00981. The Bertz CT molecular complexity index is 160. The van der Waals surface area contributed by atoms with Gasteiger partial charge in [-0.05, 0) is 43.4 Å². The van der Waals surface area contributed by atoms with E-state index in [4.69, 9.17) is 0 Å². The van der Waals surface area contributed by atoms with Gasteiger partial charge < -0.3 is 5.11 Å².